The molecule has 8 heteroatoms. The van der Waals surface area contributed by atoms with Crippen LogP contribution in [0, 0.1) is 23.7 Å². The minimum Gasteiger partial charge on any atom is -0.481 e. The summed E-state index contributed by atoms with van der Waals surface area (Å²) in [5, 5.41) is 27.3. The Balaban J connectivity index is 2.97. The minimum absolute atomic E-state index is 0.105. The van der Waals surface area contributed by atoms with Gasteiger partial charge in [0.05, 0.1) is 30.3 Å². The Kier molecular flexibility index (Phi) is 5.69. The van der Waals surface area contributed by atoms with Crippen LogP contribution in [0.15, 0.2) is 0 Å². The van der Waals surface area contributed by atoms with Gasteiger partial charge in [-0.1, -0.05) is 13.3 Å². The number of aliphatic carboxylic acids is 3. The third-order valence-corrected chi connectivity index (χ3v) is 3.69. The lowest BCUT2D eigenvalue weighted by atomic mass is 9.87. The summed E-state index contributed by atoms with van der Waals surface area (Å²) in [4.78, 5) is 45.5. The predicted molar refractivity (Wildman–Crippen MR) is 67.4 cm³/mol. The van der Waals surface area contributed by atoms with Gasteiger partial charge in [0, 0.05) is 0 Å². The number of carboxylic acids is 3. The van der Waals surface area contributed by atoms with E-state index in [1.54, 1.807) is 0 Å². The van der Waals surface area contributed by atoms with Gasteiger partial charge in [-0.25, -0.2) is 0 Å². The van der Waals surface area contributed by atoms with Gasteiger partial charge in [-0.05, 0) is 12.8 Å². The maximum Gasteiger partial charge on any atom is 0.309 e. The van der Waals surface area contributed by atoms with Crippen molar-refractivity contribution in [2.75, 3.05) is 6.61 Å². The van der Waals surface area contributed by atoms with Crippen LogP contribution in [0.3, 0.4) is 0 Å². The average molecular weight is 302 g/mol. The molecule has 0 saturated heterocycles. The number of esters is 1. The van der Waals surface area contributed by atoms with Crippen LogP contribution in [0.5, 0.6) is 0 Å². The number of hydrogen-bond acceptors (Lipinski definition) is 5. The number of ether oxygens (including phenoxy) is 1. The zero-order valence-electron chi connectivity index (χ0n) is 11.5. The standard InChI is InChI=1S/C13H18O8/c1-2-3-4-21-13(20)7-5-6(10(14)15)8(11(16)17)9(7)12(18)19/h6-9H,2-5H2,1H3,(H,14,15)(H,16,17)(H,18,19). The van der Waals surface area contributed by atoms with Crippen molar-refractivity contribution in [3.8, 4) is 0 Å². The van der Waals surface area contributed by atoms with Crippen LogP contribution >= 0.6 is 0 Å². The van der Waals surface area contributed by atoms with Gasteiger partial charge in [0.1, 0.15) is 0 Å². The van der Waals surface area contributed by atoms with E-state index >= 15 is 0 Å². The first kappa shape index (κ1) is 16.9. The smallest absolute Gasteiger partial charge is 0.309 e. The molecule has 0 bridgehead atoms. The van der Waals surface area contributed by atoms with Crippen molar-refractivity contribution in [1.82, 2.24) is 0 Å². The number of carboxylic acid groups (broad SMARTS) is 3. The van der Waals surface area contributed by atoms with E-state index in [9.17, 15) is 19.2 Å². The predicted octanol–water partition coefficient (Wildman–Crippen LogP) is 0.452. The molecule has 3 N–H and O–H groups in total. The van der Waals surface area contributed by atoms with E-state index in [1.165, 1.54) is 0 Å². The van der Waals surface area contributed by atoms with Gasteiger partial charge in [-0.3, -0.25) is 19.2 Å². The van der Waals surface area contributed by atoms with E-state index in [2.05, 4.69) is 0 Å². The molecule has 0 spiro atoms. The molecule has 4 unspecified atom stereocenters. The van der Waals surface area contributed by atoms with Crippen LogP contribution in [0.25, 0.3) is 0 Å². The molecule has 0 radical (unpaired) electrons. The summed E-state index contributed by atoms with van der Waals surface area (Å²) in [7, 11) is 0. The molecule has 0 aromatic carbocycles. The molecule has 0 aromatic rings. The maximum atomic E-state index is 11.9. The van der Waals surface area contributed by atoms with Gasteiger partial charge < -0.3 is 20.1 Å². The summed E-state index contributed by atoms with van der Waals surface area (Å²) in [6.45, 7) is 1.98. The van der Waals surface area contributed by atoms with E-state index in [0.29, 0.717) is 6.42 Å². The third kappa shape index (κ3) is 3.71. The molecule has 1 aliphatic rings. The SMILES string of the molecule is CCCCOC(=O)C1CC(C(=O)O)C(C(=O)O)C1C(=O)O. The van der Waals surface area contributed by atoms with Gasteiger partial charge in [-0.15, -0.1) is 0 Å². The molecule has 1 rings (SSSR count). The normalized spacial score (nSPS) is 28.0. The summed E-state index contributed by atoms with van der Waals surface area (Å²) in [5.41, 5.74) is 0. The third-order valence-electron chi connectivity index (χ3n) is 3.69. The summed E-state index contributed by atoms with van der Waals surface area (Å²) in [6, 6.07) is 0. The van der Waals surface area contributed by atoms with Gasteiger partial charge in [0.2, 0.25) is 0 Å². The van der Waals surface area contributed by atoms with Gasteiger partial charge in [0.15, 0.2) is 0 Å². The van der Waals surface area contributed by atoms with Gasteiger partial charge in [-0.2, -0.15) is 0 Å². The lowest BCUT2D eigenvalue weighted by Gasteiger charge is -2.18. The number of rotatable bonds is 7. The molecule has 0 amide bonds. The summed E-state index contributed by atoms with van der Waals surface area (Å²) in [5.74, 6) is -11.2. The first-order valence-electron chi connectivity index (χ1n) is 6.66. The highest BCUT2D eigenvalue weighted by Gasteiger charge is 2.56. The molecule has 1 aliphatic carbocycles. The Hall–Kier alpha value is -2.12. The lowest BCUT2D eigenvalue weighted by Crippen LogP contribution is -2.36. The highest BCUT2D eigenvalue weighted by Crippen LogP contribution is 2.43. The van der Waals surface area contributed by atoms with Crippen molar-refractivity contribution < 1.29 is 39.2 Å². The molecular formula is C13H18O8. The first-order chi connectivity index (χ1) is 9.81. The average Bonchev–Trinajstić information content (AvgIpc) is 2.79. The molecule has 1 fully saturated rings. The Bertz CT molecular complexity index is 443. The molecule has 118 valence electrons. The minimum atomic E-state index is -1.64. The van der Waals surface area contributed by atoms with Gasteiger partial charge in [0.25, 0.3) is 0 Å². The number of unbranched alkanes of at least 4 members (excludes halogenated alkanes) is 1. The molecular weight excluding hydrogens is 284 g/mol. The van der Waals surface area contributed by atoms with Crippen LogP contribution in [-0.2, 0) is 23.9 Å². The zero-order chi connectivity index (χ0) is 16.2. The molecule has 21 heavy (non-hydrogen) atoms. The van der Waals surface area contributed by atoms with E-state index in [4.69, 9.17) is 20.1 Å². The molecule has 4 atom stereocenters. The van der Waals surface area contributed by atoms with Crippen molar-refractivity contribution in [2.24, 2.45) is 23.7 Å². The van der Waals surface area contributed by atoms with Crippen molar-refractivity contribution in [3.05, 3.63) is 0 Å². The van der Waals surface area contributed by atoms with Crippen LogP contribution in [-0.4, -0.2) is 45.8 Å². The van der Waals surface area contributed by atoms with Crippen molar-refractivity contribution in [3.63, 3.8) is 0 Å². The van der Waals surface area contributed by atoms with Crippen molar-refractivity contribution in [2.45, 2.75) is 26.2 Å². The van der Waals surface area contributed by atoms with Gasteiger partial charge >= 0.3 is 23.9 Å². The van der Waals surface area contributed by atoms with Crippen molar-refractivity contribution in [1.29, 1.82) is 0 Å². The Labute approximate surface area is 120 Å². The fourth-order valence-electron chi connectivity index (χ4n) is 2.64. The second-order valence-electron chi connectivity index (χ2n) is 5.04. The largest absolute Gasteiger partial charge is 0.481 e. The monoisotopic (exact) mass is 302 g/mol. The van der Waals surface area contributed by atoms with E-state index < -0.39 is 47.5 Å². The highest BCUT2D eigenvalue weighted by molar-refractivity contribution is 5.91. The molecule has 1 saturated carbocycles. The topological polar surface area (TPSA) is 138 Å². The number of carbonyl (C=O) groups is 4. The first-order valence-corrected chi connectivity index (χ1v) is 6.66. The second-order valence-corrected chi connectivity index (χ2v) is 5.04. The Morgan fingerprint density at radius 3 is 1.90 bits per heavy atom. The summed E-state index contributed by atoms with van der Waals surface area (Å²) in [6.07, 6.45) is 1.03. The zero-order valence-corrected chi connectivity index (χ0v) is 11.5. The fraction of sp³-hybridized carbons (Fsp3) is 0.692. The molecule has 0 aromatic heterocycles. The molecule has 0 aliphatic heterocycles. The summed E-state index contributed by atoms with van der Waals surface area (Å²) < 4.78 is 4.91. The number of hydrogen-bond donors (Lipinski definition) is 3. The van der Waals surface area contributed by atoms with Crippen LogP contribution in [0.4, 0.5) is 0 Å². The van der Waals surface area contributed by atoms with Crippen LogP contribution in [0.1, 0.15) is 26.2 Å². The van der Waals surface area contributed by atoms with E-state index in [-0.39, 0.29) is 13.0 Å². The van der Waals surface area contributed by atoms with Crippen molar-refractivity contribution >= 4 is 23.9 Å². The lowest BCUT2D eigenvalue weighted by molar-refractivity contribution is -0.162. The molecule has 0 heterocycles. The molecule has 8 nitrogen and oxygen atoms in total. The number of carbonyl (C=O) groups excluding carboxylic acids is 1. The second kappa shape index (κ2) is 7.05. The fourth-order valence-corrected chi connectivity index (χ4v) is 2.64. The maximum absolute atomic E-state index is 11.9. The Morgan fingerprint density at radius 1 is 0.952 bits per heavy atom. The summed E-state index contributed by atoms with van der Waals surface area (Å²) >= 11 is 0. The quantitative estimate of drug-likeness (QED) is 0.455. The highest BCUT2D eigenvalue weighted by atomic mass is 16.5. The van der Waals surface area contributed by atoms with E-state index in [0.717, 1.165) is 6.42 Å². The van der Waals surface area contributed by atoms with Crippen LogP contribution < -0.4 is 0 Å². The Morgan fingerprint density at radius 2 is 1.48 bits per heavy atom. The van der Waals surface area contributed by atoms with E-state index in [1.807, 2.05) is 6.92 Å². The van der Waals surface area contributed by atoms with Crippen LogP contribution in [0.2, 0.25) is 0 Å².